The highest BCUT2D eigenvalue weighted by atomic mass is 19.3. The summed E-state index contributed by atoms with van der Waals surface area (Å²) in [6.45, 7) is 0.759. The Kier molecular flexibility index (Phi) is 3.84. The molecule has 2 rings (SSSR count). The fraction of sp³-hybridized carbons (Fsp3) is 0.143. The summed E-state index contributed by atoms with van der Waals surface area (Å²) in [5, 5.41) is 8.68. The van der Waals surface area contributed by atoms with Crippen LogP contribution in [-0.2, 0) is 5.92 Å². The summed E-state index contributed by atoms with van der Waals surface area (Å²) in [4.78, 5) is 14.2. The van der Waals surface area contributed by atoms with Crippen LogP contribution >= 0.6 is 0 Å². The summed E-state index contributed by atoms with van der Waals surface area (Å²) in [7, 11) is 0. The van der Waals surface area contributed by atoms with Crippen molar-refractivity contribution in [3.63, 3.8) is 0 Å². The third-order valence-corrected chi connectivity index (χ3v) is 2.63. The summed E-state index contributed by atoms with van der Waals surface area (Å²) >= 11 is 0. The molecule has 0 radical (unpaired) electrons. The number of carboxylic acids is 1. The van der Waals surface area contributed by atoms with Gasteiger partial charge in [-0.05, 0) is 30.3 Å². The summed E-state index contributed by atoms with van der Waals surface area (Å²) in [6.07, 6.45) is 0.940. The highest BCUT2D eigenvalue weighted by Gasteiger charge is 2.23. The maximum absolute atomic E-state index is 13.6. The van der Waals surface area contributed by atoms with Crippen molar-refractivity contribution in [3.8, 4) is 11.6 Å². The van der Waals surface area contributed by atoms with Crippen molar-refractivity contribution >= 4 is 5.97 Å². The molecule has 1 N–H and O–H groups in total. The zero-order valence-corrected chi connectivity index (χ0v) is 10.8. The number of aromatic carboxylic acids is 1. The Morgan fingerprint density at radius 3 is 2.38 bits per heavy atom. The third-order valence-electron chi connectivity index (χ3n) is 2.63. The van der Waals surface area contributed by atoms with Crippen molar-refractivity contribution in [2.45, 2.75) is 12.8 Å². The molecule has 0 bridgehead atoms. The number of aromatic nitrogens is 1. The smallest absolute Gasteiger partial charge is 0.337 e. The van der Waals surface area contributed by atoms with Crippen LogP contribution < -0.4 is 4.74 Å². The van der Waals surface area contributed by atoms with Crippen LogP contribution in [0.2, 0.25) is 0 Å². The van der Waals surface area contributed by atoms with Crippen molar-refractivity contribution in [2.24, 2.45) is 0 Å². The summed E-state index contributed by atoms with van der Waals surface area (Å²) < 4.78 is 44.7. The van der Waals surface area contributed by atoms with Gasteiger partial charge < -0.3 is 9.84 Å². The lowest BCUT2D eigenvalue weighted by Crippen LogP contribution is -2.06. The number of carbonyl (C=O) groups is 1. The molecule has 1 aromatic heterocycles. The Hall–Kier alpha value is -2.57. The second kappa shape index (κ2) is 5.43. The molecule has 0 amide bonds. The molecule has 1 aromatic carbocycles. The molecule has 110 valence electrons. The van der Waals surface area contributed by atoms with E-state index < -0.39 is 23.6 Å². The molecule has 0 fully saturated rings. The topological polar surface area (TPSA) is 59.4 Å². The number of carboxylic acid groups (broad SMARTS) is 1. The number of hydrogen-bond acceptors (Lipinski definition) is 3. The molecular formula is C14H10F3NO3. The van der Waals surface area contributed by atoms with Gasteiger partial charge in [0.25, 0.3) is 11.8 Å². The van der Waals surface area contributed by atoms with Gasteiger partial charge in [-0.25, -0.2) is 22.9 Å². The average molecular weight is 297 g/mol. The lowest BCUT2D eigenvalue weighted by Gasteiger charge is -2.11. The minimum Gasteiger partial charge on any atom is -0.478 e. The molecule has 0 aliphatic heterocycles. The highest BCUT2D eigenvalue weighted by molar-refractivity contribution is 5.87. The second-order valence-corrected chi connectivity index (χ2v) is 4.33. The molecule has 0 aliphatic carbocycles. The average Bonchev–Trinajstić information content (AvgIpc) is 2.40. The van der Waals surface area contributed by atoms with E-state index in [9.17, 15) is 18.0 Å². The predicted molar refractivity (Wildman–Crippen MR) is 67.2 cm³/mol. The van der Waals surface area contributed by atoms with E-state index in [0.29, 0.717) is 0 Å². The van der Waals surface area contributed by atoms with E-state index in [1.54, 1.807) is 0 Å². The highest BCUT2D eigenvalue weighted by Crippen LogP contribution is 2.29. The first-order valence-corrected chi connectivity index (χ1v) is 5.82. The quantitative estimate of drug-likeness (QED) is 0.932. The fourth-order valence-electron chi connectivity index (χ4n) is 1.54. The maximum Gasteiger partial charge on any atom is 0.337 e. The van der Waals surface area contributed by atoms with Crippen molar-refractivity contribution in [1.29, 1.82) is 0 Å². The molecule has 1 heterocycles. The van der Waals surface area contributed by atoms with Gasteiger partial charge in [0.1, 0.15) is 5.75 Å². The summed E-state index contributed by atoms with van der Waals surface area (Å²) in [6, 6.07) is 5.56. The first kappa shape index (κ1) is 14.8. The third kappa shape index (κ3) is 3.50. The Morgan fingerprint density at radius 1 is 1.29 bits per heavy atom. The van der Waals surface area contributed by atoms with Crippen LogP contribution in [-0.4, -0.2) is 16.1 Å². The largest absolute Gasteiger partial charge is 0.478 e. The molecule has 0 unspecified atom stereocenters. The van der Waals surface area contributed by atoms with Gasteiger partial charge in [-0.3, -0.25) is 0 Å². The number of halogens is 3. The second-order valence-electron chi connectivity index (χ2n) is 4.33. The number of rotatable bonds is 4. The summed E-state index contributed by atoms with van der Waals surface area (Å²) in [5.74, 6) is -5.58. The van der Waals surface area contributed by atoms with Crippen LogP contribution in [0.3, 0.4) is 0 Å². The van der Waals surface area contributed by atoms with Gasteiger partial charge in [0.05, 0.1) is 5.56 Å². The molecule has 0 saturated heterocycles. The van der Waals surface area contributed by atoms with Crippen LogP contribution in [0.5, 0.6) is 11.6 Å². The van der Waals surface area contributed by atoms with Gasteiger partial charge in [-0.2, -0.15) is 0 Å². The van der Waals surface area contributed by atoms with Crippen molar-refractivity contribution < 1.29 is 27.8 Å². The minimum absolute atomic E-state index is 0.109. The number of nitrogens with zero attached hydrogens (tertiary/aromatic N) is 1. The zero-order valence-electron chi connectivity index (χ0n) is 10.8. The SMILES string of the molecule is CC(F)(F)c1ccc(Oc2ncc(C(=O)O)cc2F)cc1. The molecule has 0 spiro atoms. The first-order chi connectivity index (χ1) is 9.77. The Balaban J connectivity index is 2.20. The van der Waals surface area contributed by atoms with Crippen LogP contribution in [0.25, 0.3) is 0 Å². The molecular weight excluding hydrogens is 287 g/mol. The van der Waals surface area contributed by atoms with Gasteiger partial charge in [0, 0.05) is 18.7 Å². The first-order valence-electron chi connectivity index (χ1n) is 5.82. The maximum atomic E-state index is 13.6. The zero-order chi connectivity index (χ0) is 15.6. The number of alkyl halides is 2. The van der Waals surface area contributed by atoms with Crippen LogP contribution in [0.4, 0.5) is 13.2 Å². The van der Waals surface area contributed by atoms with Crippen LogP contribution in [0, 0.1) is 5.82 Å². The van der Waals surface area contributed by atoms with Gasteiger partial charge in [-0.1, -0.05) is 0 Å². The van der Waals surface area contributed by atoms with Gasteiger partial charge in [0.2, 0.25) is 0 Å². The van der Waals surface area contributed by atoms with E-state index in [1.807, 2.05) is 0 Å². The lowest BCUT2D eigenvalue weighted by atomic mass is 10.1. The van der Waals surface area contributed by atoms with E-state index in [2.05, 4.69) is 4.98 Å². The fourth-order valence-corrected chi connectivity index (χ4v) is 1.54. The predicted octanol–water partition coefficient (Wildman–Crippen LogP) is 3.82. The van der Waals surface area contributed by atoms with E-state index in [1.165, 1.54) is 12.1 Å². The Bertz CT molecular complexity index is 666. The normalized spacial score (nSPS) is 11.2. The monoisotopic (exact) mass is 297 g/mol. The molecule has 7 heteroatoms. The van der Waals surface area contributed by atoms with E-state index >= 15 is 0 Å². The molecule has 2 aromatic rings. The van der Waals surface area contributed by atoms with Crippen LogP contribution in [0.15, 0.2) is 36.5 Å². The van der Waals surface area contributed by atoms with Crippen molar-refractivity contribution in [2.75, 3.05) is 0 Å². The standard InChI is InChI=1S/C14H10F3NO3/c1-14(16,17)9-2-4-10(5-3-9)21-12-11(15)6-8(7-18-12)13(19)20/h2-7H,1H3,(H,19,20). The molecule has 0 aliphatic rings. The van der Waals surface area contributed by atoms with E-state index in [0.717, 1.165) is 31.3 Å². The summed E-state index contributed by atoms with van der Waals surface area (Å²) in [5.41, 5.74) is -0.523. The van der Waals surface area contributed by atoms with Gasteiger partial charge >= 0.3 is 5.97 Å². The van der Waals surface area contributed by atoms with Crippen molar-refractivity contribution in [3.05, 3.63) is 53.5 Å². The lowest BCUT2D eigenvalue weighted by molar-refractivity contribution is 0.0174. The minimum atomic E-state index is -2.98. The number of hydrogen-bond donors (Lipinski definition) is 1. The molecule has 21 heavy (non-hydrogen) atoms. The Labute approximate surface area is 117 Å². The van der Waals surface area contributed by atoms with Crippen LogP contribution in [0.1, 0.15) is 22.8 Å². The van der Waals surface area contributed by atoms with Gasteiger partial charge in [-0.15, -0.1) is 0 Å². The number of benzene rings is 1. The number of ether oxygens (including phenoxy) is 1. The van der Waals surface area contributed by atoms with E-state index in [-0.39, 0.29) is 16.9 Å². The van der Waals surface area contributed by atoms with E-state index in [4.69, 9.17) is 9.84 Å². The van der Waals surface area contributed by atoms with Gasteiger partial charge in [0.15, 0.2) is 5.82 Å². The number of pyridine rings is 1. The Morgan fingerprint density at radius 2 is 1.90 bits per heavy atom. The molecule has 0 saturated carbocycles. The molecule has 0 atom stereocenters. The molecule has 4 nitrogen and oxygen atoms in total. The van der Waals surface area contributed by atoms with Crippen molar-refractivity contribution in [1.82, 2.24) is 4.98 Å².